The Morgan fingerprint density at radius 3 is 1.74 bits per heavy atom. The van der Waals surface area contributed by atoms with Crippen LogP contribution in [0.5, 0.6) is 0 Å². The van der Waals surface area contributed by atoms with Gasteiger partial charge in [-0.25, -0.2) is 0 Å². The fraction of sp³-hybridized carbons (Fsp3) is 0.950. The molecule has 0 aromatic carbocycles. The predicted octanol–water partition coefficient (Wildman–Crippen LogP) is 5.65. The Labute approximate surface area is 143 Å². The monoisotopic (exact) mass is 328 g/mol. The SMILES string of the molecule is CC(C)CCCC(C)CCCC(C)CCCC(C)(O)CC(=O)O. The molecule has 0 aliphatic heterocycles. The molecule has 0 radical (unpaired) electrons. The van der Waals surface area contributed by atoms with Crippen LogP contribution in [0.3, 0.4) is 0 Å². The second-order valence-electron chi connectivity index (χ2n) is 8.43. The molecule has 0 spiro atoms. The number of carboxylic acid groups (broad SMARTS) is 1. The average Bonchev–Trinajstić information content (AvgIpc) is 2.36. The van der Waals surface area contributed by atoms with Crippen molar-refractivity contribution >= 4 is 5.97 Å². The average molecular weight is 329 g/mol. The van der Waals surface area contributed by atoms with E-state index < -0.39 is 11.6 Å². The fourth-order valence-electron chi connectivity index (χ4n) is 3.22. The van der Waals surface area contributed by atoms with Gasteiger partial charge in [-0.15, -0.1) is 0 Å². The van der Waals surface area contributed by atoms with Gasteiger partial charge in [-0.3, -0.25) is 4.79 Å². The third-order valence-electron chi connectivity index (χ3n) is 4.82. The highest BCUT2D eigenvalue weighted by Gasteiger charge is 2.23. The van der Waals surface area contributed by atoms with Gasteiger partial charge in [0.1, 0.15) is 0 Å². The van der Waals surface area contributed by atoms with Crippen molar-refractivity contribution in [1.82, 2.24) is 0 Å². The van der Waals surface area contributed by atoms with Gasteiger partial charge in [0.25, 0.3) is 0 Å². The van der Waals surface area contributed by atoms with Crippen LogP contribution in [0.2, 0.25) is 0 Å². The molecule has 138 valence electrons. The Morgan fingerprint density at radius 1 is 0.870 bits per heavy atom. The van der Waals surface area contributed by atoms with Crippen molar-refractivity contribution in [3.8, 4) is 0 Å². The summed E-state index contributed by atoms with van der Waals surface area (Å²) in [5, 5.41) is 18.7. The zero-order chi connectivity index (χ0) is 17.9. The van der Waals surface area contributed by atoms with Gasteiger partial charge in [-0.2, -0.15) is 0 Å². The van der Waals surface area contributed by atoms with E-state index >= 15 is 0 Å². The van der Waals surface area contributed by atoms with Crippen LogP contribution in [0.4, 0.5) is 0 Å². The molecule has 0 amide bonds. The van der Waals surface area contributed by atoms with Gasteiger partial charge in [0.15, 0.2) is 0 Å². The molecule has 2 N–H and O–H groups in total. The third-order valence-corrected chi connectivity index (χ3v) is 4.82. The Kier molecular flexibility index (Phi) is 11.6. The van der Waals surface area contributed by atoms with Gasteiger partial charge in [-0.1, -0.05) is 79.1 Å². The van der Waals surface area contributed by atoms with Gasteiger partial charge in [0.2, 0.25) is 0 Å². The molecule has 0 aliphatic rings. The number of hydrogen-bond acceptors (Lipinski definition) is 2. The molecule has 0 saturated heterocycles. The number of rotatable bonds is 14. The van der Waals surface area contributed by atoms with Crippen molar-refractivity contribution in [2.24, 2.45) is 17.8 Å². The lowest BCUT2D eigenvalue weighted by atomic mass is 9.89. The summed E-state index contributed by atoms with van der Waals surface area (Å²) in [7, 11) is 0. The van der Waals surface area contributed by atoms with Crippen molar-refractivity contribution in [2.75, 3.05) is 0 Å². The van der Waals surface area contributed by atoms with Crippen LogP contribution < -0.4 is 0 Å². The first-order valence-corrected chi connectivity index (χ1v) is 9.56. The molecule has 23 heavy (non-hydrogen) atoms. The summed E-state index contributed by atoms with van der Waals surface area (Å²) >= 11 is 0. The molecule has 0 rings (SSSR count). The van der Waals surface area contributed by atoms with Crippen molar-refractivity contribution < 1.29 is 15.0 Å². The lowest BCUT2D eigenvalue weighted by Crippen LogP contribution is -2.27. The summed E-state index contributed by atoms with van der Waals surface area (Å²) < 4.78 is 0. The number of aliphatic hydroxyl groups is 1. The van der Waals surface area contributed by atoms with Gasteiger partial charge >= 0.3 is 5.97 Å². The van der Waals surface area contributed by atoms with Crippen molar-refractivity contribution in [1.29, 1.82) is 0 Å². The normalized spacial score (nSPS) is 17.0. The maximum Gasteiger partial charge on any atom is 0.306 e. The molecule has 0 aliphatic carbocycles. The predicted molar refractivity (Wildman–Crippen MR) is 97.6 cm³/mol. The zero-order valence-electron chi connectivity index (χ0n) is 16.1. The number of aliphatic carboxylic acids is 1. The molecule has 3 atom stereocenters. The molecule has 0 aromatic heterocycles. The van der Waals surface area contributed by atoms with E-state index in [9.17, 15) is 9.90 Å². The van der Waals surface area contributed by atoms with Crippen LogP contribution >= 0.6 is 0 Å². The minimum absolute atomic E-state index is 0.157. The van der Waals surface area contributed by atoms with Gasteiger partial charge in [-0.05, 0) is 31.1 Å². The van der Waals surface area contributed by atoms with Crippen LogP contribution in [0, 0.1) is 17.8 Å². The van der Waals surface area contributed by atoms with E-state index in [0.29, 0.717) is 12.3 Å². The smallest absolute Gasteiger partial charge is 0.306 e. The lowest BCUT2D eigenvalue weighted by molar-refractivity contribution is -0.142. The zero-order valence-corrected chi connectivity index (χ0v) is 16.1. The highest BCUT2D eigenvalue weighted by molar-refractivity contribution is 5.67. The summed E-state index contributed by atoms with van der Waals surface area (Å²) in [6.07, 6.45) is 10.3. The number of hydrogen-bond donors (Lipinski definition) is 2. The molecule has 3 heteroatoms. The van der Waals surface area contributed by atoms with E-state index in [1.807, 2.05) is 0 Å². The summed E-state index contributed by atoms with van der Waals surface area (Å²) in [4.78, 5) is 10.7. The maximum atomic E-state index is 10.7. The fourth-order valence-corrected chi connectivity index (χ4v) is 3.22. The van der Waals surface area contributed by atoms with E-state index in [1.54, 1.807) is 6.92 Å². The minimum atomic E-state index is -1.06. The van der Waals surface area contributed by atoms with Crippen molar-refractivity contribution in [3.63, 3.8) is 0 Å². The van der Waals surface area contributed by atoms with E-state index in [-0.39, 0.29) is 6.42 Å². The largest absolute Gasteiger partial charge is 0.481 e. The van der Waals surface area contributed by atoms with Crippen LogP contribution in [0.1, 0.15) is 98.8 Å². The maximum absolute atomic E-state index is 10.7. The highest BCUT2D eigenvalue weighted by Crippen LogP contribution is 2.24. The molecule has 3 unspecified atom stereocenters. The Balaban J connectivity index is 3.67. The second-order valence-corrected chi connectivity index (χ2v) is 8.43. The van der Waals surface area contributed by atoms with E-state index in [2.05, 4.69) is 27.7 Å². The Morgan fingerprint density at radius 2 is 1.30 bits per heavy atom. The first kappa shape index (κ1) is 22.4. The van der Waals surface area contributed by atoms with Crippen LogP contribution in [-0.4, -0.2) is 21.8 Å². The van der Waals surface area contributed by atoms with Crippen LogP contribution in [0.25, 0.3) is 0 Å². The first-order valence-electron chi connectivity index (χ1n) is 9.56. The Hall–Kier alpha value is -0.570. The summed E-state index contributed by atoms with van der Waals surface area (Å²) in [5.74, 6) is 1.39. The standard InChI is InChI=1S/C20H40O3/c1-16(2)9-6-10-17(3)11-7-12-18(4)13-8-14-20(5,23)15-19(21)22/h16-18,23H,6-15H2,1-5H3,(H,21,22). The third kappa shape index (κ3) is 14.7. The molecule has 0 fully saturated rings. The minimum Gasteiger partial charge on any atom is -0.481 e. The second kappa shape index (κ2) is 11.9. The summed E-state index contributed by atoms with van der Waals surface area (Å²) in [6.45, 7) is 10.9. The number of carbonyl (C=O) groups is 1. The molecule has 0 aromatic rings. The lowest BCUT2D eigenvalue weighted by Gasteiger charge is -2.22. The molecule has 0 heterocycles. The summed E-state index contributed by atoms with van der Waals surface area (Å²) in [5.41, 5.74) is -1.06. The molecule has 3 nitrogen and oxygen atoms in total. The molecular weight excluding hydrogens is 288 g/mol. The van der Waals surface area contributed by atoms with Gasteiger partial charge in [0, 0.05) is 0 Å². The Bertz CT molecular complexity index is 310. The van der Waals surface area contributed by atoms with Gasteiger partial charge in [0.05, 0.1) is 12.0 Å². The van der Waals surface area contributed by atoms with Crippen molar-refractivity contribution in [3.05, 3.63) is 0 Å². The molecule has 0 bridgehead atoms. The summed E-state index contributed by atoms with van der Waals surface area (Å²) in [6, 6.07) is 0. The molecular formula is C20H40O3. The number of carboxylic acids is 1. The topological polar surface area (TPSA) is 57.5 Å². The van der Waals surface area contributed by atoms with Crippen LogP contribution in [0.15, 0.2) is 0 Å². The van der Waals surface area contributed by atoms with Crippen LogP contribution in [-0.2, 0) is 4.79 Å². The quantitative estimate of drug-likeness (QED) is 0.433. The van der Waals surface area contributed by atoms with E-state index in [1.165, 1.54) is 38.5 Å². The van der Waals surface area contributed by atoms with E-state index in [4.69, 9.17) is 5.11 Å². The first-order chi connectivity index (χ1) is 10.6. The van der Waals surface area contributed by atoms with E-state index in [0.717, 1.165) is 24.7 Å². The highest BCUT2D eigenvalue weighted by atomic mass is 16.4. The molecule has 0 saturated carbocycles. The van der Waals surface area contributed by atoms with Crippen molar-refractivity contribution in [2.45, 2.75) is 104 Å². The van der Waals surface area contributed by atoms with Gasteiger partial charge < -0.3 is 10.2 Å².